The maximum Gasteiger partial charge on any atom is 0.336 e. The fraction of sp³-hybridized carbons (Fsp3) is 0.133. The summed E-state index contributed by atoms with van der Waals surface area (Å²) in [5.74, 6) is -1.11. The van der Waals surface area contributed by atoms with Crippen LogP contribution in [0.25, 0.3) is 11.3 Å². The van der Waals surface area contributed by atoms with E-state index in [0.717, 1.165) is 5.56 Å². The number of nitrogens with zero attached hydrogens (tertiary/aromatic N) is 1. The molecule has 0 aliphatic heterocycles. The van der Waals surface area contributed by atoms with Crippen LogP contribution in [0.2, 0.25) is 0 Å². The number of carbonyl (C=O) groups excluding carboxylic acids is 1. The molecule has 0 fully saturated rings. The van der Waals surface area contributed by atoms with Crippen molar-refractivity contribution in [1.82, 2.24) is 4.98 Å². The third-order valence-corrected chi connectivity index (χ3v) is 2.37. The monoisotopic (exact) mass is 257 g/mol. The highest BCUT2D eigenvalue weighted by Gasteiger charge is 2.10. The Kier molecular flexibility index (Phi) is 5.41. The molecule has 0 aliphatic carbocycles. The molecule has 0 saturated heterocycles. The molecular weight excluding hydrogens is 242 g/mol. The third kappa shape index (κ3) is 3.48. The number of aromatic nitrogens is 1. The lowest BCUT2D eigenvalue weighted by molar-refractivity contribution is 0.0694. The third-order valence-electron chi connectivity index (χ3n) is 2.37. The van der Waals surface area contributed by atoms with Crippen LogP contribution in [0, 0.1) is 0 Å². The molecule has 0 spiro atoms. The molecule has 0 saturated carbocycles. The maximum atomic E-state index is 10.9. The van der Waals surface area contributed by atoms with Gasteiger partial charge in [-0.25, -0.2) is 4.79 Å². The fourth-order valence-electron chi connectivity index (χ4n) is 1.55. The van der Waals surface area contributed by atoms with Gasteiger partial charge in [-0.05, 0) is 24.3 Å². The van der Waals surface area contributed by atoms with E-state index >= 15 is 0 Å². The van der Waals surface area contributed by atoms with Crippen molar-refractivity contribution in [2.75, 3.05) is 0 Å². The Morgan fingerprint density at radius 1 is 1.21 bits per heavy atom. The summed E-state index contributed by atoms with van der Waals surface area (Å²) >= 11 is 0. The van der Waals surface area contributed by atoms with Gasteiger partial charge in [0.1, 0.15) is 0 Å². The lowest BCUT2D eigenvalue weighted by atomic mass is 10.0. The Balaban J connectivity index is 0.000000861. The molecule has 1 N–H and O–H groups in total. The molecule has 0 atom stereocenters. The largest absolute Gasteiger partial charge is 0.478 e. The van der Waals surface area contributed by atoms with Crippen LogP contribution in [0.15, 0.2) is 42.6 Å². The highest BCUT2D eigenvalue weighted by molar-refractivity contribution is 5.98. The van der Waals surface area contributed by atoms with Crippen molar-refractivity contribution in [3.05, 3.63) is 53.7 Å². The summed E-state index contributed by atoms with van der Waals surface area (Å²) < 4.78 is 0. The number of carbonyl (C=O) groups is 2. The first-order valence-corrected chi connectivity index (χ1v) is 5.96. The second-order valence-electron chi connectivity index (χ2n) is 3.44. The number of hydrogen-bond acceptors (Lipinski definition) is 3. The van der Waals surface area contributed by atoms with Crippen LogP contribution >= 0.6 is 0 Å². The minimum absolute atomic E-state index is 0.000295. The lowest BCUT2D eigenvalue weighted by Gasteiger charge is -2.03. The summed E-state index contributed by atoms with van der Waals surface area (Å²) in [6.07, 6.45) is 2.18. The van der Waals surface area contributed by atoms with Crippen molar-refractivity contribution in [3.8, 4) is 11.3 Å². The maximum absolute atomic E-state index is 10.9. The summed E-state index contributed by atoms with van der Waals surface area (Å²) in [5, 5.41) is 8.88. The Morgan fingerprint density at radius 3 is 2.47 bits per heavy atom. The van der Waals surface area contributed by atoms with Gasteiger partial charge in [0, 0.05) is 17.3 Å². The molecule has 98 valence electrons. The van der Waals surface area contributed by atoms with Gasteiger partial charge in [0.25, 0.3) is 0 Å². The molecule has 0 amide bonds. The van der Waals surface area contributed by atoms with E-state index < -0.39 is 5.97 Å². The lowest BCUT2D eigenvalue weighted by Crippen LogP contribution is -2.01. The Bertz CT molecular complexity index is 565. The van der Waals surface area contributed by atoms with E-state index in [1.807, 2.05) is 19.9 Å². The Labute approximate surface area is 111 Å². The van der Waals surface area contributed by atoms with Crippen molar-refractivity contribution >= 4 is 12.3 Å². The molecule has 1 aromatic heterocycles. The quantitative estimate of drug-likeness (QED) is 0.857. The minimum Gasteiger partial charge on any atom is -0.478 e. The van der Waals surface area contributed by atoms with E-state index in [0.29, 0.717) is 12.0 Å². The number of aromatic carboxylic acids is 1. The number of pyridine rings is 1. The van der Waals surface area contributed by atoms with Crippen LogP contribution in [-0.4, -0.2) is 22.3 Å². The molecular formula is C15H15NO3. The van der Waals surface area contributed by atoms with Gasteiger partial charge in [-0.2, -0.15) is 0 Å². The van der Waals surface area contributed by atoms with Gasteiger partial charge >= 0.3 is 5.97 Å². The molecule has 1 aromatic carbocycles. The van der Waals surface area contributed by atoms with Gasteiger partial charge in [0.15, 0.2) is 6.29 Å². The Hall–Kier alpha value is -2.49. The molecule has 0 unspecified atom stereocenters. The summed E-state index contributed by atoms with van der Waals surface area (Å²) in [7, 11) is 0. The zero-order valence-corrected chi connectivity index (χ0v) is 10.8. The molecule has 0 radical (unpaired) electrons. The van der Waals surface area contributed by atoms with Gasteiger partial charge in [-0.15, -0.1) is 0 Å². The van der Waals surface area contributed by atoms with Gasteiger partial charge in [0.05, 0.1) is 11.3 Å². The van der Waals surface area contributed by atoms with E-state index in [9.17, 15) is 9.59 Å². The van der Waals surface area contributed by atoms with E-state index in [4.69, 9.17) is 5.11 Å². The molecule has 19 heavy (non-hydrogen) atoms. The van der Waals surface area contributed by atoms with Gasteiger partial charge in [-0.1, -0.05) is 26.0 Å². The summed E-state index contributed by atoms with van der Waals surface area (Å²) in [5.41, 5.74) is 1.57. The number of rotatable bonds is 3. The average molecular weight is 257 g/mol. The molecule has 0 bridgehead atoms. The van der Waals surface area contributed by atoms with Crippen molar-refractivity contribution in [3.63, 3.8) is 0 Å². The minimum atomic E-state index is -1.11. The predicted molar refractivity (Wildman–Crippen MR) is 73.4 cm³/mol. The first-order chi connectivity index (χ1) is 9.22. The summed E-state index contributed by atoms with van der Waals surface area (Å²) in [6, 6.07) is 9.99. The fourth-order valence-corrected chi connectivity index (χ4v) is 1.55. The number of aldehydes is 1. The first-order valence-electron chi connectivity index (χ1n) is 5.96. The molecule has 4 heteroatoms. The van der Waals surface area contributed by atoms with E-state index in [1.165, 1.54) is 12.1 Å². The van der Waals surface area contributed by atoms with Crippen molar-refractivity contribution in [2.24, 2.45) is 0 Å². The van der Waals surface area contributed by atoms with Gasteiger partial charge in [-0.3, -0.25) is 9.78 Å². The van der Waals surface area contributed by atoms with Gasteiger partial charge in [0.2, 0.25) is 0 Å². The standard InChI is InChI=1S/C13H9NO3.C2H6/c15-8-10-7-9(4-5-11(10)13(16)17)12-3-1-2-6-14-12;1-2/h1-8H,(H,16,17);1-2H3. The first kappa shape index (κ1) is 14.6. The zero-order valence-electron chi connectivity index (χ0n) is 10.8. The molecule has 4 nitrogen and oxygen atoms in total. The van der Waals surface area contributed by atoms with Gasteiger partial charge < -0.3 is 5.11 Å². The average Bonchev–Trinajstić information content (AvgIpc) is 2.49. The highest BCUT2D eigenvalue weighted by atomic mass is 16.4. The van der Waals surface area contributed by atoms with Crippen LogP contribution in [0.1, 0.15) is 34.6 Å². The number of carboxylic acid groups (broad SMARTS) is 1. The number of benzene rings is 1. The van der Waals surface area contributed by atoms with Crippen LogP contribution in [0.4, 0.5) is 0 Å². The van der Waals surface area contributed by atoms with Crippen molar-refractivity contribution < 1.29 is 14.7 Å². The molecule has 0 aliphatic rings. The predicted octanol–water partition coefficient (Wildman–Crippen LogP) is 3.29. The van der Waals surface area contributed by atoms with E-state index in [2.05, 4.69) is 4.98 Å². The van der Waals surface area contributed by atoms with Crippen LogP contribution in [0.3, 0.4) is 0 Å². The van der Waals surface area contributed by atoms with E-state index in [-0.39, 0.29) is 11.1 Å². The van der Waals surface area contributed by atoms with Crippen LogP contribution < -0.4 is 0 Å². The molecule has 1 heterocycles. The summed E-state index contributed by atoms with van der Waals surface area (Å²) in [6.45, 7) is 4.00. The zero-order chi connectivity index (χ0) is 14.3. The second-order valence-corrected chi connectivity index (χ2v) is 3.44. The SMILES string of the molecule is CC.O=Cc1cc(-c2ccccn2)ccc1C(=O)O. The van der Waals surface area contributed by atoms with Crippen LogP contribution in [-0.2, 0) is 0 Å². The smallest absolute Gasteiger partial charge is 0.336 e. The van der Waals surface area contributed by atoms with Crippen LogP contribution in [0.5, 0.6) is 0 Å². The summed E-state index contributed by atoms with van der Waals surface area (Å²) in [4.78, 5) is 25.8. The topological polar surface area (TPSA) is 67.3 Å². The second kappa shape index (κ2) is 7.06. The van der Waals surface area contributed by atoms with E-state index in [1.54, 1.807) is 24.4 Å². The number of carboxylic acids is 1. The van der Waals surface area contributed by atoms with Crippen molar-refractivity contribution in [2.45, 2.75) is 13.8 Å². The molecule has 2 rings (SSSR count). The molecule has 2 aromatic rings. The Morgan fingerprint density at radius 2 is 1.95 bits per heavy atom. The normalized spacial score (nSPS) is 9.16. The number of hydrogen-bond donors (Lipinski definition) is 1. The van der Waals surface area contributed by atoms with Crippen molar-refractivity contribution in [1.29, 1.82) is 0 Å². The highest BCUT2D eigenvalue weighted by Crippen LogP contribution is 2.19.